The molecule has 0 fully saturated rings. The molecule has 0 aliphatic rings. The van der Waals surface area contributed by atoms with Crippen molar-refractivity contribution in [1.82, 2.24) is 0 Å². The molecule has 0 aromatic heterocycles. The molecule has 0 saturated carbocycles. The molecular formula is C14H20N2O3S. The highest BCUT2D eigenvalue weighted by atomic mass is 32.2. The van der Waals surface area contributed by atoms with Crippen LogP contribution in [0.2, 0.25) is 0 Å². The summed E-state index contributed by atoms with van der Waals surface area (Å²) < 4.78 is 5.11. The largest absolute Gasteiger partial charge is 0.459 e. The summed E-state index contributed by atoms with van der Waals surface area (Å²) in [5.41, 5.74) is 6.36. The summed E-state index contributed by atoms with van der Waals surface area (Å²) in [4.78, 5) is 23.4. The minimum absolute atomic E-state index is 0.113. The summed E-state index contributed by atoms with van der Waals surface area (Å²) in [6.45, 7) is 4.13. The van der Waals surface area contributed by atoms with Crippen molar-refractivity contribution in [2.45, 2.75) is 20.0 Å². The van der Waals surface area contributed by atoms with Gasteiger partial charge in [-0.05, 0) is 32.0 Å². The van der Waals surface area contributed by atoms with Gasteiger partial charge in [0.15, 0.2) is 0 Å². The zero-order chi connectivity index (χ0) is 15.0. The zero-order valence-electron chi connectivity index (χ0n) is 11.7. The Bertz CT molecular complexity index is 463. The predicted molar refractivity (Wildman–Crippen MR) is 82.0 cm³/mol. The second kappa shape index (κ2) is 8.60. The van der Waals surface area contributed by atoms with E-state index in [2.05, 4.69) is 5.32 Å². The average Bonchev–Trinajstić information content (AvgIpc) is 2.38. The third kappa shape index (κ3) is 6.08. The Kier molecular flexibility index (Phi) is 7.11. The highest BCUT2D eigenvalue weighted by molar-refractivity contribution is 7.99. The van der Waals surface area contributed by atoms with Crippen LogP contribution in [0, 0.1) is 0 Å². The van der Waals surface area contributed by atoms with Crippen molar-refractivity contribution >= 4 is 29.3 Å². The molecule has 0 heterocycles. The van der Waals surface area contributed by atoms with Gasteiger partial charge in [0.25, 0.3) is 0 Å². The normalized spacial score (nSPS) is 10.4. The van der Waals surface area contributed by atoms with Crippen LogP contribution in [0.5, 0.6) is 0 Å². The summed E-state index contributed by atoms with van der Waals surface area (Å²) in [6.07, 6.45) is -0.173. The Hall–Kier alpha value is -1.53. The lowest BCUT2D eigenvalue weighted by molar-refractivity contribution is -0.113. The lowest BCUT2D eigenvalue weighted by atomic mass is 10.2. The summed E-state index contributed by atoms with van der Waals surface area (Å²) in [6, 6.07) is 6.71. The first kappa shape index (κ1) is 16.5. The third-order valence-electron chi connectivity index (χ3n) is 2.22. The molecule has 1 aromatic rings. The van der Waals surface area contributed by atoms with Crippen LogP contribution in [0.1, 0.15) is 24.2 Å². The van der Waals surface area contributed by atoms with Crippen molar-refractivity contribution in [3.63, 3.8) is 0 Å². The van der Waals surface area contributed by atoms with Crippen LogP contribution in [-0.4, -0.2) is 36.0 Å². The molecule has 110 valence electrons. The Labute approximate surface area is 123 Å². The molecule has 0 aliphatic heterocycles. The van der Waals surface area contributed by atoms with Crippen LogP contribution >= 0.6 is 11.8 Å². The number of nitrogens with one attached hydrogen (secondary N) is 1. The van der Waals surface area contributed by atoms with Crippen molar-refractivity contribution in [2.75, 3.05) is 23.4 Å². The third-order valence-corrected chi connectivity index (χ3v) is 3.21. The Morgan fingerprint density at radius 2 is 2.15 bits per heavy atom. The smallest absolute Gasteiger partial charge is 0.338 e. The van der Waals surface area contributed by atoms with E-state index < -0.39 is 5.97 Å². The number of hydrogen-bond acceptors (Lipinski definition) is 5. The number of anilines is 1. The maximum atomic E-state index is 11.8. The first-order valence-electron chi connectivity index (χ1n) is 6.41. The van der Waals surface area contributed by atoms with E-state index in [9.17, 15) is 9.59 Å². The highest BCUT2D eigenvalue weighted by Crippen LogP contribution is 2.13. The first-order valence-corrected chi connectivity index (χ1v) is 7.57. The van der Waals surface area contributed by atoms with Gasteiger partial charge in [-0.25, -0.2) is 4.79 Å². The Morgan fingerprint density at radius 1 is 1.40 bits per heavy atom. The Morgan fingerprint density at radius 3 is 2.80 bits per heavy atom. The molecule has 0 spiro atoms. The van der Waals surface area contributed by atoms with Gasteiger partial charge in [-0.15, -0.1) is 0 Å². The molecule has 0 atom stereocenters. The molecular weight excluding hydrogens is 276 g/mol. The summed E-state index contributed by atoms with van der Waals surface area (Å²) in [5.74, 6) is 0.581. The van der Waals surface area contributed by atoms with Crippen molar-refractivity contribution < 1.29 is 14.3 Å². The number of rotatable bonds is 7. The van der Waals surface area contributed by atoms with Gasteiger partial charge in [0, 0.05) is 18.0 Å². The predicted octanol–water partition coefficient (Wildman–Crippen LogP) is 1.88. The van der Waals surface area contributed by atoms with Crippen LogP contribution in [0.4, 0.5) is 5.69 Å². The zero-order valence-corrected chi connectivity index (χ0v) is 12.5. The quantitative estimate of drug-likeness (QED) is 0.593. The number of hydrogen-bond donors (Lipinski definition) is 2. The molecule has 0 aliphatic carbocycles. The van der Waals surface area contributed by atoms with Crippen LogP contribution in [-0.2, 0) is 9.53 Å². The van der Waals surface area contributed by atoms with Crippen LogP contribution < -0.4 is 11.1 Å². The average molecular weight is 296 g/mol. The molecule has 0 radical (unpaired) electrons. The van der Waals surface area contributed by atoms with Gasteiger partial charge in [-0.3, -0.25) is 4.79 Å². The second-order valence-corrected chi connectivity index (χ2v) is 5.53. The summed E-state index contributed by atoms with van der Waals surface area (Å²) in [5, 5.41) is 2.74. The number of amides is 1. The van der Waals surface area contributed by atoms with E-state index >= 15 is 0 Å². The molecule has 0 saturated heterocycles. The molecule has 3 N–H and O–H groups in total. The number of carbonyl (C=O) groups excluding carboxylic acids is 2. The maximum Gasteiger partial charge on any atom is 0.338 e. The van der Waals surface area contributed by atoms with E-state index in [0.29, 0.717) is 23.5 Å². The molecule has 0 unspecified atom stereocenters. The van der Waals surface area contributed by atoms with Gasteiger partial charge in [0.1, 0.15) is 0 Å². The van der Waals surface area contributed by atoms with E-state index in [4.69, 9.17) is 10.5 Å². The summed E-state index contributed by atoms with van der Waals surface area (Å²) in [7, 11) is 0. The van der Waals surface area contributed by atoms with Crippen LogP contribution in [0.3, 0.4) is 0 Å². The lowest BCUT2D eigenvalue weighted by Gasteiger charge is -2.09. The molecule has 1 rings (SSSR count). The molecule has 6 heteroatoms. The minimum atomic E-state index is -0.395. The van der Waals surface area contributed by atoms with Gasteiger partial charge in [0.2, 0.25) is 5.91 Å². The van der Waals surface area contributed by atoms with E-state index in [1.165, 1.54) is 11.8 Å². The monoisotopic (exact) mass is 296 g/mol. The van der Waals surface area contributed by atoms with Gasteiger partial charge in [-0.2, -0.15) is 11.8 Å². The van der Waals surface area contributed by atoms with Crippen molar-refractivity contribution in [3.05, 3.63) is 29.8 Å². The molecule has 1 amide bonds. The fourth-order valence-corrected chi connectivity index (χ4v) is 2.02. The van der Waals surface area contributed by atoms with Crippen LogP contribution in [0.25, 0.3) is 0 Å². The topological polar surface area (TPSA) is 81.4 Å². The van der Waals surface area contributed by atoms with E-state index in [1.54, 1.807) is 38.1 Å². The fourth-order valence-electron chi connectivity index (χ4n) is 1.45. The second-order valence-electron chi connectivity index (χ2n) is 4.42. The molecule has 1 aromatic carbocycles. The SMILES string of the molecule is CC(C)OC(=O)c1cccc(NC(=O)CSCCN)c1. The standard InChI is InChI=1S/C14H20N2O3S/c1-10(2)19-14(18)11-4-3-5-12(8-11)16-13(17)9-20-7-6-15/h3-5,8,10H,6-7,9,15H2,1-2H3,(H,16,17). The number of benzene rings is 1. The number of esters is 1. The fraction of sp³-hybridized carbons (Fsp3) is 0.429. The number of carbonyl (C=O) groups is 2. The van der Waals surface area contributed by atoms with Gasteiger partial charge < -0.3 is 15.8 Å². The highest BCUT2D eigenvalue weighted by Gasteiger charge is 2.10. The van der Waals surface area contributed by atoms with Crippen LogP contribution in [0.15, 0.2) is 24.3 Å². The van der Waals surface area contributed by atoms with E-state index in [-0.39, 0.29) is 12.0 Å². The van der Waals surface area contributed by atoms with E-state index in [1.807, 2.05) is 0 Å². The molecule has 0 bridgehead atoms. The van der Waals surface area contributed by atoms with Gasteiger partial charge in [0.05, 0.1) is 17.4 Å². The first-order chi connectivity index (χ1) is 9.52. The van der Waals surface area contributed by atoms with Crippen molar-refractivity contribution in [1.29, 1.82) is 0 Å². The number of nitrogens with two attached hydrogens (primary N) is 1. The minimum Gasteiger partial charge on any atom is -0.459 e. The van der Waals surface area contributed by atoms with Gasteiger partial charge >= 0.3 is 5.97 Å². The lowest BCUT2D eigenvalue weighted by Crippen LogP contribution is -2.16. The molecule has 5 nitrogen and oxygen atoms in total. The number of ether oxygens (including phenoxy) is 1. The van der Waals surface area contributed by atoms with E-state index in [0.717, 1.165) is 5.75 Å². The Balaban J connectivity index is 2.59. The molecule has 20 heavy (non-hydrogen) atoms. The van der Waals surface area contributed by atoms with Gasteiger partial charge in [-0.1, -0.05) is 6.07 Å². The maximum absolute atomic E-state index is 11.8. The summed E-state index contributed by atoms with van der Waals surface area (Å²) >= 11 is 1.47. The number of thioether (sulfide) groups is 1. The van der Waals surface area contributed by atoms with Crippen molar-refractivity contribution in [2.24, 2.45) is 5.73 Å². The van der Waals surface area contributed by atoms with Crippen molar-refractivity contribution in [3.8, 4) is 0 Å².